The number of carbonyl (C=O) groups excluding carboxylic acids is 1. The Hall–Kier alpha value is -1.11. The van der Waals surface area contributed by atoms with E-state index in [0.717, 1.165) is 0 Å². The first-order chi connectivity index (χ1) is 8.26. The number of sulfone groups is 1. The molecule has 1 fully saturated rings. The van der Waals surface area contributed by atoms with Gasteiger partial charge in [-0.1, -0.05) is 13.8 Å². The lowest BCUT2D eigenvalue weighted by atomic mass is 9.92. The third-order valence-corrected chi connectivity index (χ3v) is 4.82. The summed E-state index contributed by atoms with van der Waals surface area (Å²) in [5.74, 6) is -2.14. The molecule has 1 saturated heterocycles. The topological polar surface area (TPSA) is 91.8 Å². The highest BCUT2D eigenvalue weighted by Crippen LogP contribution is 2.23. The molecule has 7 heteroatoms. The van der Waals surface area contributed by atoms with Crippen LogP contribution in [-0.2, 0) is 19.4 Å². The molecular formula is C11H19NO5S. The standard InChI is InChI=1S/C11H19NO5S/c1-3-18(16,17)7-10(13)12-5-4-8(2)6-9(12)11(14)15/h8-9H,3-7H2,1-2H3,(H,14,15). The van der Waals surface area contributed by atoms with E-state index in [2.05, 4.69) is 0 Å². The highest BCUT2D eigenvalue weighted by atomic mass is 32.2. The zero-order valence-electron chi connectivity index (χ0n) is 10.6. The predicted molar refractivity (Wildman–Crippen MR) is 65.9 cm³/mol. The molecule has 1 aliphatic heterocycles. The molecule has 2 atom stereocenters. The Labute approximate surface area is 107 Å². The maximum absolute atomic E-state index is 11.9. The molecule has 6 nitrogen and oxygen atoms in total. The molecule has 1 heterocycles. The van der Waals surface area contributed by atoms with E-state index < -0.39 is 33.5 Å². The summed E-state index contributed by atoms with van der Waals surface area (Å²) >= 11 is 0. The first-order valence-corrected chi connectivity index (χ1v) is 7.81. The van der Waals surface area contributed by atoms with Crippen LogP contribution in [0.15, 0.2) is 0 Å². The van der Waals surface area contributed by atoms with Gasteiger partial charge >= 0.3 is 5.97 Å². The van der Waals surface area contributed by atoms with E-state index >= 15 is 0 Å². The summed E-state index contributed by atoms with van der Waals surface area (Å²) < 4.78 is 22.8. The van der Waals surface area contributed by atoms with Gasteiger partial charge in [0.05, 0.1) is 0 Å². The Morgan fingerprint density at radius 1 is 1.39 bits per heavy atom. The van der Waals surface area contributed by atoms with E-state index in [9.17, 15) is 18.0 Å². The summed E-state index contributed by atoms with van der Waals surface area (Å²) in [6.07, 6.45) is 1.09. The predicted octanol–water partition coefficient (Wildman–Crippen LogP) is 0.133. The van der Waals surface area contributed by atoms with Gasteiger partial charge in [-0.25, -0.2) is 13.2 Å². The summed E-state index contributed by atoms with van der Waals surface area (Å²) in [6.45, 7) is 3.71. The summed E-state index contributed by atoms with van der Waals surface area (Å²) in [5, 5.41) is 9.09. The number of aliphatic carboxylic acids is 1. The molecule has 2 unspecified atom stereocenters. The lowest BCUT2D eigenvalue weighted by Gasteiger charge is -2.35. The van der Waals surface area contributed by atoms with E-state index in [1.807, 2.05) is 6.92 Å². The molecule has 0 aromatic carbocycles. The van der Waals surface area contributed by atoms with Crippen LogP contribution < -0.4 is 0 Å². The molecule has 1 N–H and O–H groups in total. The average Bonchev–Trinajstić information content (AvgIpc) is 2.28. The minimum absolute atomic E-state index is 0.110. The second kappa shape index (κ2) is 5.69. The van der Waals surface area contributed by atoms with Gasteiger partial charge in [0, 0.05) is 12.3 Å². The van der Waals surface area contributed by atoms with E-state index in [4.69, 9.17) is 5.11 Å². The second-order valence-electron chi connectivity index (χ2n) is 4.75. The molecule has 0 bridgehead atoms. The monoisotopic (exact) mass is 277 g/mol. The summed E-state index contributed by atoms with van der Waals surface area (Å²) in [7, 11) is -3.41. The first kappa shape index (κ1) is 14.9. The van der Waals surface area contributed by atoms with Crippen molar-refractivity contribution in [2.24, 2.45) is 5.92 Å². The molecule has 0 saturated carbocycles. The zero-order valence-corrected chi connectivity index (χ0v) is 11.4. The van der Waals surface area contributed by atoms with Crippen LogP contribution in [0.5, 0.6) is 0 Å². The Bertz CT molecular complexity index is 431. The van der Waals surface area contributed by atoms with Gasteiger partial charge in [-0.15, -0.1) is 0 Å². The molecule has 0 radical (unpaired) electrons. The third-order valence-electron chi connectivity index (χ3n) is 3.25. The number of carboxylic acids is 1. The molecular weight excluding hydrogens is 258 g/mol. The molecule has 18 heavy (non-hydrogen) atoms. The number of rotatable bonds is 4. The van der Waals surface area contributed by atoms with Gasteiger partial charge in [0.25, 0.3) is 0 Å². The van der Waals surface area contributed by atoms with Crippen molar-refractivity contribution in [3.8, 4) is 0 Å². The minimum Gasteiger partial charge on any atom is -0.480 e. The maximum Gasteiger partial charge on any atom is 0.326 e. The molecule has 0 aliphatic carbocycles. The van der Waals surface area contributed by atoms with Crippen molar-refractivity contribution in [1.29, 1.82) is 0 Å². The van der Waals surface area contributed by atoms with Gasteiger partial charge in [-0.3, -0.25) is 4.79 Å². The Morgan fingerprint density at radius 2 is 2.00 bits per heavy atom. The van der Waals surface area contributed by atoms with Gasteiger partial charge < -0.3 is 10.0 Å². The fourth-order valence-corrected chi connectivity index (χ4v) is 2.79. The quantitative estimate of drug-likeness (QED) is 0.788. The van der Waals surface area contributed by atoms with Crippen LogP contribution in [0.3, 0.4) is 0 Å². The molecule has 104 valence electrons. The molecule has 1 aliphatic rings. The Morgan fingerprint density at radius 3 is 2.50 bits per heavy atom. The number of carbonyl (C=O) groups is 2. The maximum atomic E-state index is 11.9. The van der Waals surface area contributed by atoms with Crippen molar-refractivity contribution < 1.29 is 23.1 Å². The van der Waals surface area contributed by atoms with Crippen molar-refractivity contribution in [3.63, 3.8) is 0 Å². The average molecular weight is 277 g/mol. The summed E-state index contributed by atoms with van der Waals surface area (Å²) in [5.41, 5.74) is 0. The van der Waals surface area contributed by atoms with Gasteiger partial charge in [0.2, 0.25) is 5.91 Å². The number of likely N-dealkylation sites (tertiary alicyclic amines) is 1. The molecule has 0 aromatic rings. The fourth-order valence-electron chi connectivity index (χ4n) is 2.05. The van der Waals surface area contributed by atoms with Gasteiger partial charge in [-0.05, 0) is 18.8 Å². The number of hydrogen-bond donors (Lipinski definition) is 1. The normalized spacial score (nSPS) is 24.9. The number of nitrogens with zero attached hydrogens (tertiary/aromatic N) is 1. The molecule has 1 amide bonds. The van der Waals surface area contributed by atoms with Crippen LogP contribution in [0.25, 0.3) is 0 Å². The van der Waals surface area contributed by atoms with Crippen LogP contribution >= 0.6 is 0 Å². The highest BCUT2D eigenvalue weighted by molar-refractivity contribution is 7.92. The summed E-state index contributed by atoms with van der Waals surface area (Å²) in [4.78, 5) is 24.2. The van der Waals surface area contributed by atoms with Gasteiger partial charge in [0.15, 0.2) is 9.84 Å². The Balaban J connectivity index is 2.80. The second-order valence-corrected chi connectivity index (χ2v) is 7.10. The van der Waals surface area contributed by atoms with Crippen molar-refractivity contribution in [2.45, 2.75) is 32.7 Å². The van der Waals surface area contributed by atoms with Crippen molar-refractivity contribution in [3.05, 3.63) is 0 Å². The van der Waals surface area contributed by atoms with E-state index in [-0.39, 0.29) is 11.7 Å². The smallest absolute Gasteiger partial charge is 0.326 e. The van der Waals surface area contributed by atoms with Crippen LogP contribution in [0.4, 0.5) is 0 Å². The number of carboxylic acid groups (broad SMARTS) is 1. The summed E-state index contributed by atoms with van der Waals surface area (Å²) in [6, 6.07) is -0.895. The van der Waals surface area contributed by atoms with Gasteiger partial charge in [0.1, 0.15) is 11.8 Å². The van der Waals surface area contributed by atoms with E-state index in [1.165, 1.54) is 11.8 Å². The third kappa shape index (κ3) is 3.69. The SMILES string of the molecule is CCS(=O)(=O)CC(=O)N1CCC(C)CC1C(=O)O. The number of amides is 1. The lowest BCUT2D eigenvalue weighted by molar-refractivity contribution is -0.152. The van der Waals surface area contributed by atoms with E-state index in [1.54, 1.807) is 0 Å². The van der Waals surface area contributed by atoms with Crippen LogP contribution in [0, 0.1) is 5.92 Å². The van der Waals surface area contributed by atoms with Crippen LogP contribution in [-0.4, -0.2) is 54.4 Å². The van der Waals surface area contributed by atoms with Crippen molar-refractivity contribution in [1.82, 2.24) is 4.90 Å². The lowest BCUT2D eigenvalue weighted by Crippen LogP contribution is -2.51. The largest absolute Gasteiger partial charge is 0.480 e. The molecule has 0 aromatic heterocycles. The zero-order chi connectivity index (χ0) is 13.9. The first-order valence-electron chi connectivity index (χ1n) is 5.99. The van der Waals surface area contributed by atoms with Crippen molar-refractivity contribution in [2.75, 3.05) is 18.1 Å². The number of hydrogen-bond acceptors (Lipinski definition) is 4. The number of piperidine rings is 1. The minimum atomic E-state index is -3.41. The Kier molecular flexibility index (Phi) is 4.72. The highest BCUT2D eigenvalue weighted by Gasteiger charge is 2.35. The molecule has 1 rings (SSSR count). The molecule has 0 spiro atoms. The van der Waals surface area contributed by atoms with Crippen molar-refractivity contribution >= 4 is 21.7 Å². The van der Waals surface area contributed by atoms with Gasteiger partial charge in [-0.2, -0.15) is 0 Å². The van der Waals surface area contributed by atoms with E-state index in [0.29, 0.717) is 19.4 Å². The van der Waals surface area contributed by atoms with Crippen LogP contribution in [0.1, 0.15) is 26.7 Å². The van der Waals surface area contributed by atoms with Crippen LogP contribution in [0.2, 0.25) is 0 Å². The fraction of sp³-hybridized carbons (Fsp3) is 0.818.